The summed E-state index contributed by atoms with van der Waals surface area (Å²) in [6.07, 6.45) is 0. The highest BCUT2D eigenvalue weighted by molar-refractivity contribution is 6.31. The first-order chi connectivity index (χ1) is 8.16. The van der Waals surface area contributed by atoms with Crippen molar-refractivity contribution in [1.82, 2.24) is 0 Å². The molecule has 0 amide bonds. The van der Waals surface area contributed by atoms with Crippen LogP contribution < -0.4 is 4.74 Å². The van der Waals surface area contributed by atoms with E-state index >= 15 is 0 Å². The molecule has 0 unspecified atom stereocenters. The van der Waals surface area contributed by atoms with E-state index in [-0.39, 0.29) is 0 Å². The summed E-state index contributed by atoms with van der Waals surface area (Å²) in [7, 11) is 0. The van der Waals surface area contributed by atoms with Crippen molar-refractivity contribution in [2.24, 2.45) is 0 Å². The molecule has 2 rings (SSSR count). The van der Waals surface area contributed by atoms with Crippen LogP contribution in [0.2, 0.25) is 5.02 Å². The van der Waals surface area contributed by atoms with Gasteiger partial charge in [0.2, 0.25) is 0 Å². The molecule has 0 N–H and O–H groups in total. The summed E-state index contributed by atoms with van der Waals surface area (Å²) in [6.45, 7) is 4.56. The van der Waals surface area contributed by atoms with Gasteiger partial charge in [0, 0.05) is 10.6 Å². The average Bonchev–Trinajstić information content (AvgIpc) is 2.30. The molecule has 17 heavy (non-hydrogen) atoms. The molecule has 0 fully saturated rings. The van der Waals surface area contributed by atoms with Gasteiger partial charge >= 0.3 is 0 Å². The van der Waals surface area contributed by atoms with E-state index in [0.29, 0.717) is 6.61 Å². The van der Waals surface area contributed by atoms with Crippen LogP contribution in [-0.4, -0.2) is 0 Å². The molecule has 2 aromatic rings. The maximum atomic E-state index is 6.16. The van der Waals surface area contributed by atoms with Crippen molar-refractivity contribution in [3.05, 3.63) is 64.2 Å². The fraction of sp³-hybridized carbons (Fsp3) is 0.200. The lowest BCUT2D eigenvalue weighted by molar-refractivity contribution is 0.304. The summed E-state index contributed by atoms with van der Waals surface area (Å²) in [5, 5.41) is 0.763. The maximum absolute atomic E-state index is 6.16. The lowest BCUT2D eigenvalue weighted by Crippen LogP contribution is -1.97. The number of benzene rings is 2. The predicted octanol–water partition coefficient (Wildman–Crippen LogP) is 4.54. The van der Waals surface area contributed by atoms with E-state index in [1.54, 1.807) is 0 Å². The molecular formula is C15H15ClO. The molecule has 0 bridgehead atoms. The standard InChI is InChI=1S/C15H15ClO/c1-11-7-8-13(14(16)9-11)10-17-15-6-4-3-5-12(15)2/h3-9H,10H2,1-2H3. The Labute approximate surface area is 107 Å². The molecule has 0 aromatic heterocycles. The third kappa shape index (κ3) is 3.01. The Morgan fingerprint density at radius 1 is 1.06 bits per heavy atom. The minimum atomic E-state index is 0.504. The molecule has 0 aliphatic heterocycles. The Bertz CT molecular complexity index is 520. The van der Waals surface area contributed by atoms with E-state index in [1.807, 2.05) is 56.3 Å². The molecule has 1 nitrogen and oxygen atoms in total. The zero-order valence-electron chi connectivity index (χ0n) is 10.0. The van der Waals surface area contributed by atoms with E-state index in [9.17, 15) is 0 Å². The van der Waals surface area contributed by atoms with Crippen LogP contribution in [-0.2, 0) is 6.61 Å². The second kappa shape index (κ2) is 5.24. The Kier molecular flexibility index (Phi) is 3.70. The van der Waals surface area contributed by atoms with Gasteiger partial charge in [-0.15, -0.1) is 0 Å². The summed E-state index contributed by atoms with van der Waals surface area (Å²) in [5.41, 5.74) is 3.31. The van der Waals surface area contributed by atoms with Crippen molar-refractivity contribution in [1.29, 1.82) is 0 Å². The van der Waals surface area contributed by atoms with Crippen molar-refractivity contribution < 1.29 is 4.74 Å². The molecule has 2 aromatic carbocycles. The zero-order chi connectivity index (χ0) is 12.3. The van der Waals surface area contributed by atoms with Crippen LogP contribution in [0.3, 0.4) is 0 Å². The van der Waals surface area contributed by atoms with E-state index in [2.05, 4.69) is 0 Å². The topological polar surface area (TPSA) is 9.23 Å². The van der Waals surface area contributed by atoms with Gasteiger partial charge in [0.05, 0.1) is 0 Å². The molecule has 88 valence electrons. The fourth-order valence-electron chi connectivity index (χ4n) is 1.64. The molecule has 0 saturated heterocycles. The second-order valence-corrected chi connectivity index (χ2v) is 4.56. The van der Waals surface area contributed by atoms with Crippen molar-refractivity contribution >= 4 is 11.6 Å². The van der Waals surface area contributed by atoms with Gasteiger partial charge < -0.3 is 4.74 Å². The molecule has 0 atom stereocenters. The van der Waals surface area contributed by atoms with Crippen molar-refractivity contribution in [3.8, 4) is 5.75 Å². The largest absolute Gasteiger partial charge is 0.489 e. The molecule has 0 aliphatic rings. The molecule has 0 heterocycles. The summed E-state index contributed by atoms with van der Waals surface area (Å²) < 4.78 is 5.76. The van der Waals surface area contributed by atoms with Crippen LogP contribution in [0.25, 0.3) is 0 Å². The van der Waals surface area contributed by atoms with Crippen LogP contribution in [0.1, 0.15) is 16.7 Å². The molecule has 0 radical (unpaired) electrons. The average molecular weight is 247 g/mol. The number of hydrogen-bond donors (Lipinski definition) is 0. The normalized spacial score (nSPS) is 10.3. The molecule has 0 spiro atoms. The summed E-state index contributed by atoms with van der Waals surface area (Å²) >= 11 is 6.16. The SMILES string of the molecule is Cc1ccc(COc2ccccc2C)c(Cl)c1. The Morgan fingerprint density at radius 3 is 2.53 bits per heavy atom. The van der Waals surface area contributed by atoms with Crippen LogP contribution in [0.4, 0.5) is 0 Å². The van der Waals surface area contributed by atoms with Gasteiger partial charge in [0.1, 0.15) is 12.4 Å². The second-order valence-electron chi connectivity index (χ2n) is 4.15. The lowest BCUT2D eigenvalue weighted by atomic mass is 10.1. The third-order valence-corrected chi connectivity index (χ3v) is 3.04. The van der Waals surface area contributed by atoms with E-state index in [1.165, 1.54) is 0 Å². The first kappa shape index (κ1) is 12.0. The number of rotatable bonds is 3. The Hall–Kier alpha value is -1.47. The molecule has 0 aliphatic carbocycles. The smallest absolute Gasteiger partial charge is 0.122 e. The van der Waals surface area contributed by atoms with Gasteiger partial charge in [-0.05, 0) is 37.1 Å². The van der Waals surface area contributed by atoms with Gasteiger partial charge in [0.25, 0.3) is 0 Å². The van der Waals surface area contributed by atoms with E-state index in [4.69, 9.17) is 16.3 Å². The number of halogens is 1. The molecular weight excluding hydrogens is 232 g/mol. The van der Waals surface area contributed by atoms with Gasteiger partial charge in [-0.2, -0.15) is 0 Å². The minimum Gasteiger partial charge on any atom is -0.489 e. The highest BCUT2D eigenvalue weighted by Gasteiger charge is 2.03. The first-order valence-electron chi connectivity index (χ1n) is 5.60. The zero-order valence-corrected chi connectivity index (χ0v) is 10.8. The first-order valence-corrected chi connectivity index (χ1v) is 5.98. The van der Waals surface area contributed by atoms with Crippen LogP contribution in [0.5, 0.6) is 5.75 Å². The van der Waals surface area contributed by atoms with Gasteiger partial charge in [-0.3, -0.25) is 0 Å². The number of ether oxygens (including phenoxy) is 1. The fourth-order valence-corrected chi connectivity index (χ4v) is 1.93. The Balaban J connectivity index is 2.10. The summed E-state index contributed by atoms with van der Waals surface area (Å²) in [6, 6.07) is 14.0. The number of hydrogen-bond acceptors (Lipinski definition) is 1. The molecule has 0 saturated carbocycles. The minimum absolute atomic E-state index is 0.504. The van der Waals surface area contributed by atoms with Crippen LogP contribution in [0.15, 0.2) is 42.5 Å². The van der Waals surface area contributed by atoms with Crippen LogP contribution in [0, 0.1) is 13.8 Å². The van der Waals surface area contributed by atoms with Crippen molar-refractivity contribution in [3.63, 3.8) is 0 Å². The van der Waals surface area contributed by atoms with Crippen LogP contribution >= 0.6 is 11.6 Å². The number of para-hydroxylation sites is 1. The summed E-state index contributed by atoms with van der Waals surface area (Å²) in [4.78, 5) is 0. The van der Waals surface area contributed by atoms with Crippen molar-refractivity contribution in [2.75, 3.05) is 0 Å². The summed E-state index contributed by atoms with van der Waals surface area (Å²) in [5.74, 6) is 0.907. The van der Waals surface area contributed by atoms with E-state index < -0.39 is 0 Å². The van der Waals surface area contributed by atoms with Gasteiger partial charge in [-0.1, -0.05) is 41.9 Å². The highest BCUT2D eigenvalue weighted by Crippen LogP contribution is 2.22. The van der Waals surface area contributed by atoms with Gasteiger partial charge in [0.15, 0.2) is 0 Å². The van der Waals surface area contributed by atoms with Gasteiger partial charge in [-0.25, -0.2) is 0 Å². The highest BCUT2D eigenvalue weighted by atomic mass is 35.5. The number of aryl methyl sites for hydroxylation is 2. The monoisotopic (exact) mass is 246 g/mol. The molecule has 2 heteroatoms. The van der Waals surface area contributed by atoms with E-state index in [0.717, 1.165) is 27.5 Å². The quantitative estimate of drug-likeness (QED) is 0.773. The maximum Gasteiger partial charge on any atom is 0.122 e. The van der Waals surface area contributed by atoms with Crippen molar-refractivity contribution in [2.45, 2.75) is 20.5 Å². The Morgan fingerprint density at radius 2 is 1.82 bits per heavy atom. The predicted molar refractivity (Wildman–Crippen MR) is 71.7 cm³/mol. The lowest BCUT2D eigenvalue weighted by Gasteiger charge is -2.10. The third-order valence-electron chi connectivity index (χ3n) is 2.69.